The molecule has 1 heterocycles. The van der Waals surface area contributed by atoms with E-state index in [9.17, 15) is 0 Å². The molecule has 0 saturated carbocycles. The van der Waals surface area contributed by atoms with Gasteiger partial charge in [0.15, 0.2) is 0 Å². The van der Waals surface area contributed by atoms with E-state index in [1.54, 1.807) is 0 Å². The lowest BCUT2D eigenvalue weighted by Gasteiger charge is -2.04. The summed E-state index contributed by atoms with van der Waals surface area (Å²) in [4.78, 5) is 0. The highest BCUT2D eigenvalue weighted by molar-refractivity contribution is 9.10. The molecular weight excluding hydrogens is 258 g/mol. The fourth-order valence-electron chi connectivity index (χ4n) is 1.81. The lowest BCUT2D eigenvalue weighted by molar-refractivity contribution is 0.766. The standard InChI is InChI=1S/C11H12BrNS/c1-2-13-8(7-14)6-9-10(12)4-3-5-11(9)13/h3-6,14H,2,7H2,1H3. The van der Waals surface area contributed by atoms with Gasteiger partial charge in [-0.2, -0.15) is 12.6 Å². The maximum atomic E-state index is 4.34. The van der Waals surface area contributed by atoms with E-state index >= 15 is 0 Å². The highest BCUT2D eigenvalue weighted by Crippen LogP contribution is 2.27. The third kappa shape index (κ3) is 1.48. The number of thiol groups is 1. The highest BCUT2D eigenvalue weighted by Gasteiger charge is 2.07. The first-order chi connectivity index (χ1) is 6.77. The lowest BCUT2D eigenvalue weighted by atomic mass is 10.2. The number of halogens is 1. The molecule has 0 unspecified atom stereocenters. The molecule has 0 spiro atoms. The summed E-state index contributed by atoms with van der Waals surface area (Å²) in [5.41, 5.74) is 2.56. The van der Waals surface area contributed by atoms with Crippen molar-refractivity contribution >= 4 is 39.5 Å². The first-order valence-corrected chi connectivity index (χ1v) is 6.08. The molecule has 0 aliphatic rings. The van der Waals surface area contributed by atoms with Gasteiger partial charge in [-0.15, -0.1) is 0 Å². The minimum Gasteiger partial charge on any atom is -0.344 e. The van der Waals surface area contributed by atoms with Crippen molar-refractivity contribution in [1.29, 1.82) is 0 Å². The zero-order valence-corrected chi connectivity index (χ0v) is 10.5. The molecule has 0 bridgehead atoms. The molecule has 0 aliphatic carbocycles. The molecule has 1 nitrogen and oxygen atoms in total. The number of hydrogen-bond donors (Lipinski definition) is 1. The molecule has 74 valence electrons. The number of fused-ring (bicyclic) bond motifs is 1. The van der Waals surface area contributed by atoms with Crippen LogP contribution in [-0.2, 0) is 12.3 Å². The van der Waals surface area contributed by atoms with E-state index in [0.29, 0.717) is 0 Å². The predicted molar refractivity (Wildman–Crippen MR) is 68.0 cm³/mol. The Bertz CT molecular complexity index is 462. The van der Waals surface area contributed by atoms with Crippen LogP contribution < -0.4 is 0 Å². The predicted octanol–water partition coefficient (Wildman–Crippen LogP) is 3.85. The third-order valence-corrected chi connectivity index (χ3v) is 3.47. The summed E-state index contributed by atoms with van der Waals surface area (Å²) >= 11 is 7.91. The average Bonchev–Trinajstić information content (AvgIpc) is 2.57. The van der Waals surface area contributed by atoms with Crippen molar-refractivity contribution in [1.82, 2.24) is 4.57 Å². The second kappa shape index (κ2) is 3.99. The topological polar surface area (TPSA) is 4.93 Å². The van der Waals surface area contributed by atoms with Gasteiger partial charge in [-0.3, -0.25) is 0 Å². The van der Waals surface area contributed by atoms with Crippen LogP contribution in [0.3, 0.4) is 0 Å². The molecule has 2 aromatic rings. The Labute approximate surface area is 97.6 Å². The van der Waals surface area contributed by atoms with Crippen LogP contribution in [0, 0.1) is 0 Å². The zero-order chi connectivity index (χ0) is 10.1. The van der Waals surface area contributed by atoms with Crippen LogP contribution in [0.2, 0.25) is 0 Å². The van der Waals surface area contributed by atoms with Gasteiger partial charge in [0.05, 0.1) is 0 Å². The van der Waals surface area contributed by atoms with Gasteiger partial charge in [0.1, 0.15) is 0 Å². The normalized spacial score (nSPS) is 11.1. The van der Waals surface area contributed by atoms with Gasteiger partial charge >= 0.3 is 0 Å². The SMILES string of the molecule is CCn1c(CS)cc2c(Br)cccc21. The Morgan fingerprint density at radius 2 is 2.21 bits per heavy atom. The molecule has 0 amide bonds. The van der Waals surface area contributed by atoms with Gasteiger partial charge < -0.3 is 4.57 Å². The molecule has 0 fully saturated rings. The van der Waals surface area contributed by atoms with E-state index in [1.165, 1.54) is 16.6 Å². The first kappa shape index (κ1) is 10.1. The van der Waals surface area contributed by atoms with E-state index < -0.39 is 0 Å². The maximum Gasteiger partial charge on any atom is 0.0494 e. The minimum absolute atomic E-state index is 0.787. The summed E-state index contributed by atoms with van der Waals surface area (Å²) in [6, 6.07) is 8.50. The van der Waals surface area contributed by atoms with E-state index in [2.05, 4.69) is 64.3 Å². The fourth-order valence-corrected chi connectivity index (χ4v) is 2.54. The van der Waals surface area contributed by atoms with Crippen molar-refractivity contribution in [3.05, 3.63) is 34.4 Å². The quantitative estimate of drug-likeness (QED) is 0.791. The molecule has 3 heteroatoms. The second-order valence-electron chi connectivity index (χ2n) is 3.21. The van der Waals surface area contributed by atoms with Crippen LogP contribution in [0.15, 0.2) is 28.7 Å². The molecule has 0 aliphatic heterocycles. The Kier molecular flexibility index (Phi) is 2.88. The monoisotopic (exact) mass is 269 g/mol. The van der Waals surface area contributed by atoms with Crippen LogP contribution in [0.1, 0.15) is 12.6 Å². The van der Waals surface area contributed by atoms with Gasteiger partial charge in [-0.25, -0.2) is 0 Å². The van der Waals surface area contributed by atoms with Crippen LogP contribution in [0.4, 0.5) is 0 Å². The summed E-state index contributed by atoms with van der Waals surface area (Å²) in [6.45, 7) is 3.16. The molecule has 1 aromatic heterocycles. The van der Waals surface area contributed by atoms with Crippen LogP contribution in [0.5, 0.6) is 0 Å². The molecule has 1 aromatic carbocycles. The van der Waals surface area contributed by atoms with Crippen molar-refractivity contribution in [2.45, 2.75) is 19.2 Å². The van der Waals surface area contributed by atoms with Crippen molar-refractivity contribution < 1.29 is 0 Å². The molecule has 2 rings (SSSR count). The number of aryl methyl sites for hydroxylation is 1. The Hall–Kier alpha value is -0.410. The van der Waals surface area contributed by atoms with Crippen molar-refractivity contribution in [2.75, 3.05) is 0 Å². The summed E-state index contributed by atoms with van der Waals surface area (Å²) in [5.74, 6) is 0.787. The lowest BCUT2D eigenvalue weighted by Crippen LogP contribution is -1.97. The molecule has 0 N–H and O–H groups in total. The third-order valence-electron chi connectivity index (χ3n) is 2.46. The number of aromatic nitrogens is 1. The van der Waals surface area contributed by atoms with Gasteiger partial charge in [0.2, 0.25) is 0 Å². The Morgan fingerprint density at radius 3 is 2.86 bits per heavy atom. The number of hydrogen-bond acceptors (Lipinski definition) is 1. The van der Waals surface area contributed by atoms with Gasteiger partial charge in [-0.05, 0) is 25.1 Å². The molecule has 0 radical (unpaired) electrons. The Morgan fingerprint density at radius 1 is 1.43 bits per heavy atom. The Balaban J connectivity index is 2.79. The van der Waals surface area contributed by atoms with Crippen LogP contribution in [-0.4, -0.2) is 4.57 Å². The zero-order valence-electron chi connectivity index (χ0n) is 8.00. The molecule has 0 saturated heterocycles. The van der Waals surface area contributed by atoms with Gasteiger partial charge in [0.25, 0.3) is 0 Å². The van der Waals surface area contributed by atoms with Crippen molar-refractivity contribution in [2.24, 2.45) is 0 Å². The summed E-state index contributed by atoms with van der Waals surface area (Å²) in [5, 5.41) is 1.28. The largest absolute Gasteiger partial charge is 0.344 e. The average molecular weight is 270 g/mol. The maximum absolute atomic E-state index is 4.34. The fraction of sp³-hybridized carbons (Fsp3) is 0.273. The smallest absolute Gasteiger partial charge is 0.0494 e. The molecule has 14 heavy (non-hydrogen) atoms. The molecular formula is C11H12BrNS. The first-order valence-electron chi connectivity index (χ1n) is 4.65. The van der Waals surface area contributed by atoms with E-state index in [-0.39, 0.29) is 0 Å². The van der Waals surface area contributed by atoms with Crippen molar-refractivity contribution in [3.63, 3.8) is 0 Å². The van der Waals surface area contributed by atoms with Crippen LogP contribution >= 0.6 is 28.6 Å². The summed E-state index contributed by atoms with van der Waals surface area (Å²) < 4.78 is 3.46. The van der Waals surface area contributed by atoms with E-state index in [0.717, 1.165) is 16.8 Å². The van der Waals surface area contributed by atoms with Gasteiger partial charge in [0, 0.05) is 33.4 Å². The number of benzene rings is 1. The van der Waals surface area contributed by atoms with E-state index in [4.69, 9.17) is 0 Å². The van der Waals surface area contributed by atoms with Crippen molar-refractivity contribution in [3.8, 4) is 0 Å². The minimum atomic E-state index is 0.787. The second-order valence-corrected chi connectivity index (χ2v) is 4.38. The summed E-state index contributed by atoms with van der Waals surface area (Å²) in [6.07, 6.45) is 0. The number of rotatable bonds is 2. The highest BCUT2D eigenvalue weighted by atomic mass is 79.9. The summed E-state index contributed by atoms with van der Waals surface area (Å²) in [7, 11) is 0. The van der Waals surface area contributed by atoms with Gasteiger partial charge in [-0.1, -0.05) is 22.0 Å². The van der Waals surface area contributed by atoms with Crippen LogP contribution in [0.25, 0.3) is 10.9 Å². The molecule has 0 atom stereocenters. The van der Waals surface area contributed by atoms with E-state index in [1.807, 2.05) is 0 Å². The number of nitrogens with zero attached hydrogens (tertiary/aromatic N) is 1.